The molecule has 1 heterocycles. The van der Waals surface area contributed by atoms with E-state index >= 15 is 0 Å². The van der Waals surface area contributed by atoms with Crippen molar-refractivity contribution in [2.24, 2.45) is 5.41 Å². The Labute approximate surface area is 507 Å². The molecular formula is C84H68N2. The number of nitrogens with zero attached hydrogens (tertiary/aromatic N) is 2. The zero-order valence-corrected chi connectivity index (χ0v) is 50.0. The van der Waals surface area contributed by atoms with Gasteiger partial charge in [0.2, 0.25) is 0 Å². The summed E-state index contributed by atoms with van der Waals surface area (Å²) in [4.78, 5) is 5.14. The molecule has 5 aliphatic carbocycles. The van der Waals surface area contributed by atoms with Gasteiger partial charge in [-0.3, -0.25) is 0 Å². The monoisotopic (exact) mass is 1100 g/mol. The van der Waals surface area contributed by atoms with E-state index in [1.54, 1.807) is 0 Å². The molecule has 17 rings (SSSR count). The molecule has 86 heavy (non-hydrogen) atoms. The standard InChI is InChI=1S/C82H62N2.C2H6/c1-79(2)47-45-55(51-79)54-33-35-57(36-34-54)83(60-40-42-65-63-24-12-15-26-67(63)80(3,4)73(65)50-60)59-39-41-61-62-23-13-16-27-68(62)82(69-28-17-14-25-64(69)66(61)49-59)71-29-18-30-74-77(71)78-72(82)44-43-70-76(78)75(46-48-81(70,5)56-21-10-7-11-22-56)84(74)58-37-31-53(32-38-58)52-19-8-6-9-20-52;1-2/h6-51,75H,1-5H3;1-2H3. The van der Waals surface area contributed by atoms with Crippen LogP contribution in [0.15, 0.2) is 279 Å². The van der Waals surface area contributed by atoms with Gasteiger partial charge in [0.25, 0.3) is 0 Å². The average Bonchev–Trinajstić information content (AvgIpc) is 1.48. The molecule has 6 aliphatic rings. The van der Waals surface area contributed by atoms with Gasteiger partial charge in [0.15, 0.2) is 0 Å². The van der Waals surface area contributed by atoms with E-state index in [0.29, 0.717) is 0 Å². The van der Waals surface area contributed by atoms with E-state index in [-0.39, 0.29) is 22.3 Å². The van der Waals surface area contributed by atoms with Crippen LogP contribution in [-0.2, 0) is 16.2 Å². The van der Waals surface area contributed by atoms with Gasteiger partial charge in [0.1, 0.15) is 0 Å². The molecule has 0 radical (unpaired) electrons. The molecule has 0 N–H and O–H groups in total. The van der Waals surface area contributed by atoms with Crippen molar-refractivity contribution in [2.75, 3.05) is 9.80 Å². The van der Waals surface area contributed by atoms with Gasteiger partial charge >= 0.3 is 0 Å². The lowest BCUT2D eigenvalue weighted by molar-refractivity contribution is 0.637. The Balaban J connectivity index is 0.00000297. The summed E-state index contributed by atoms with van der Waals surface area (Å²) in [5.74, 6) is 0. The summed E-state index contributed by atoms with van der Waals surface area (Å²) in [5, 5.41) is 0. The molecule has 1 spiro atoms. The summed E-state index contributed by atoms with van der Waals surface area (Å²) in [6, 6.07) is 94.9. The second-order valence-electron chi connectivity index (χ2n) is 25.4. The average molecular weight is 1110 g/mol. The Morgan fingerprint density at radius 2 is 0.919 bits per heavy atom. The van der Waals surface area contributed by atoms with Gasteiger partial charge in [0, 0.05) is 44.6 Å². The third kappa shape index (κ3) is 7.32. The van der Waals surface area contributed by atoms with E-state index < -0.39 is 5.41 Å². The van der Waals surface area contributed by atoms with Crippen molar-refractivity contribution in [3.05, 3.63) is 335 Å². The Morgan fingerprint density at radius 3 is 1.60 bits per heavy atom. The van der Waals surface area contributed by atoms with Gasteiger partial charge in [-0.05, 0) is 173 Å². The minimum Gasteiger partial charge on any atom is -0.330 e. The lowest BCUT2D eigenvalue weighted by atomic mass is 9.64. The summed E-state index contributed by atoms with van der Waals surface area (Å²) in [6.45, 7) is 15.7. The Hall–Kier alpha value is -9.76. The van der Waals surface area contributed by atoms with Gasteiger partial charge in [-0.2, -0.15) is 0 Å². The molecule has 0 bridgehead atoms. The number of benzene rings is 11. The number of anilines is 5. The molecule has 0 saturated carbocycles. The quantitative estimate of drug-likeness (QED) is 0.147. The maximum atomic E-state index is 2.64. The minimum absolute atomic E-state index is 0.0322. The molecule has 1 aliphatic heterocycles. The fourth-order valence-corrected chi connectivity index (χ4v) is 16.0. The van der Waals surface area contributed by atoms with Crippen LogP contribution in [0.5, 0.6) is 0 Å². The maximum absolute atomic E-state index is 2.64. The predicted octanol–water partition coefficient (Wildman–Crippen LogP) is 22.2. The van der Waals surface area contributed by atoms with Crippen molar-refractivity contribution in [3.63, 3.8) is 0 Å². The summed E-state index contributed by atoms with van der Waals surface area (Å²) in [5.41, 5.74) is 32.0. The van der Waals surface area contributed by atoms with Gasteiger partial charge in [-0.15, -0.1) is 0 Å². The first-order valence-electron chi connectivity index (χ1n) is 30.9. The Bertz CT molecular complexity index is 4670. The molecule has 0 saturated heterocycles. The SMILES string of the molecule is CC.CC1(C)C=CC(c2ccc(N(c3ccc4c(c3)-c3ccccc3C3(c5ccccc5-4)c4cccc5c4-c4c3ccc3c4C(C=CC3(C)c3ccccc3)N5c3ccc(-c4ccccc4)cc3)c3ccc4c(c3)C(C)(C)c3ccccc3-4)cc2)=C1. The topological polar surface area (TPSA) is 6.48 Å². The van der Waals surface area contributed by atoms with E-state index in [0.717, 1.165) is 17.1 Å². The fourth-order valence-electron chi connectivity index (χ4n) is 16.0. The van der Waals surface area contributed by atoms with Crippen LogP contribution in [0.4, 0.5) is 28.4 Å². The van der Waals surface area contributed by atoms with Crippen LogP contribution in [-0.4, -0.2) is 0 Å². The fraction of sp³-hybridized carbons (Fsp3) is 0.143. The lowest BCUT2D eigenvalue weighted by Crippen LogP contribution is -2.35. The number of hydrogen-bond donors (Lipinski definition) is 0. The first-order valence-corrected chi connectivity index (χ1v) is 30.9. The molecule has 414 valence electrons. The summed E-state index contributed by atoms with van der Waals surface area (Å²) in [7, 11) is 0. The van der Waals surface area contributed by atoms with Gasteiger partial charge < -0.3 is 9.80 Å². The second-order valence-corrected chi connectivity index (χ2v) is 25.4. The summed E-state index contributed by atoms with van der Waals surface area (Å²) >= 11 is 0. The van der Waals surface area contributed by atoms with Crippen molar-refractivity contribution >= 4 is 34.0 Å². The number of hydrogen-bond acceptors (Lipinski definition) is 2. The van der Waals surface area contributed by atoms with Crippen molar-refractivity contribution < 1.29 is 0 Å². The van der Waals surface area contributed by atoms with E-state index in [9.17, 15) is 0 Å². The molecular weight excluding hydrogens is 1040 g/mol. The lowest BCUT2D eigenvalue weighted by Gasteiger charge is -2.45. The molecule has 3 unspecified atom stereocenters. The highest BCUT2D eigenvalue weighted by atomic mass is 15.2. The normalized spacial score (nSPS) is 19.2. The zero-order valence-electron chi connectivity index (χ0n) is 50.0. The van der Waals surface area contributed by atoms with Crippen LogP contribution in [0, 0.1) is 5.41 Å². The van der Waals surface area contributed by atoms with Crippen LogP contribution < -0.4 is 9.80 Å². The summed E-state index contributed by atoms with van der Waals surface area (Å²) < 4.78 is 0. The second kappa shape index (κ2) is 19.1. The first-order chi connectivity index (χ1) is 42.0. The molecule has 0 fully saturated rings. The molecule has 0 aromatic heterocycles. The third-order valence-electron chi connectivity index (χ3n) is 20.0. The Kier molecular flexibility index (Phi) is 11.5. The summed E-state index contributed by atoms with van der Waals surface area (Å²) in [6.07, 6.45) is 12.0. The smallest absolute Gasteiger partial charge is 0.0785 e. The van der Waals surface area contributed by atoms with E-state index in [1.807, 2.05) is 13.8 Å². The first kappa shape index (κ1) is 51.8. The van der Waals surface area contributed by atoms with Crippen molar-refractivity contribution in [2.45, 2.75) is 70.8 Å². The van der Waals surface area contributed by atoms with Crippen LogP contribution in [0.3, 0.4) is 0 Å². The van der Waals surface area contributed by atoms with E-state index in [2.05, 4.69) is 324 Å². The van der Waals surface area contributed by atoms with Crippen molar-refractivity contribution in [1.82, 2.24) is 0 Å². The molecule has 11 aromatic rings. The molecule has 3 atom stereocenters. The molecule has 11 aromatic carbocycles. The Morgan fingerprint density at radius 1 is 0.384 bits per heavy atom. The molecule has 2 nitrogen and oxygen atoms in total. The zero-order chi connectivity index (χ0) is 58.3. The number of fused-ring (bicyclic) bond motifs is 12. The highest BCUT2D eigenvalue weighted by Gasteiger charge is 2.55. The van der Waals surface area contributed by atoms with Crippen LogP contribution in [0.1, 0.15) is 110 Å². The van der Waals surface area contributed by atoms with Crippen LogP contribution in [0.25, 0.3) is 61.2 Å². The number of allylic oxidation sites excluding steroid dienone is 5. The van der Waals surface area contributed by atoms with Gasteiger partial charge in [-0.1, -0.05) is 266 Å². The van der Waals surface area contributed by atoms with Crippen molar-refractivity contribution in [1.29, 1.82) is 0 Å². The van der Waals surface area contributed by atoms with Crippen LogP contribution in [0.2, 0.25) is 0 Å². The molecule has 0 amide bonds. The predicted molar refractivity (Wildman–Crippen MR) is 361 cm³/mol. The van der Waals surface area contributed by atoms with E-state index in [4.69, 9.17) is 0 Å². The largest absolute Gasteiger partial charge is 0.330 e. The highest BCUT2D eigenvalue weighted by Crippen LogP contribution is 2.68. The highest BCUT2D eigenvalue weighted by molar-refractivity contribution is 6.05. The third-order valence-corrected chi connectivity index (χ3v) is 20.0. The van der Waals surface area contributed by atoms with Crippen LogP contribution >= 0.6 is 0 Å². The van der Waals surface area contributed by atoms with Gasteiger partial charge in [0.05, 0.1) is 17.1 Å². The maximum Gasteiger partial charge on any atom is 0.0785 e. The molecule has 2 heteroatoms. The van der Waals surface area contributed by atoms with Crippen molar-refractivity contribution in [3.8, 4) is 55.6 Å². The van der Waals surface area contributed by atoms with E-state index in [1.165, 1.54) is 128 Å². The minimum atomic E-state index is -0.669. The number of rotatable bonds is 7. The van der Waals surface area contributed by atoms with Gasteiger partial charge in [-0.25, -0.2) is 0 Å².